The molecule has 3 unspecified atom stereocenters. The summed E-state index contributed by atoms with van der Waals surface area (Å²) < 4.78 is 0. The Morgan fingerprint density at radius 3 is 2.50 bits per heavy atom. The van der Waals surface area contributed by atoms with Crippen molar-refractivity contribution in [1.29, 1.82) is 0 Å². The number of hydrogen-bond acceptors (Lipinski definition) is 1. The summed E-state index contributed by atoms with van der Waals surface area (Å²) in [6.45, 7) is 8.06. The topological polar surface area (TPSA) is 12.0 Å². The van der Waals surface area contributed by atoms with E-state index in [1.807, 2.05) is 0 Å². The van der Waals surface area contributed by atoms with Crippen LogP contribution in [0.3, 0.4) is 0 Å². The van der Waals surface area contributed by atoms with Crippen LogP contribution in [0.5, 0.6) is 0 Å². The normalized spacial score (nSPS) is 32.2. The van der Waals surface area contributed by atoms with Crippen molar-refractivity contribution in [3.8, 4) is 0 Å². The second-order valence-electron chi connectivity index (χ2n) is 4.14. The van der Waals surface area contributed by atoms with Crippen molar-refractivity contribution in [2.45, 2.75) is 52.5 Å². The zero-order valence-electron chi connectivity index (χ0n) is 8.77. The summed E-state index contributed by atoms with van der Waals surface area (Å²) >= 11 is 0. The molecule has 0 heterocycles. The van der Waals surface area contributed by atoms with E-state index in [0.717, 1.165) is 24.4 Å². The first kappa shape index (κ1) is 10.0. The Kier molecular flexibility index (Phi) is 4.07. The molecule has 1 fully saturated rings. The highest BCUT2D eigenvalue weighted by Gasteiger charge is 2.28. The Bertz CT molecular complexity index is 122. The lowest BCUT2D eigenvalue weighted by molar-refractivity contribution is 0.294. The van der Waals surface area contributed by atoms with E-state index < -0.39 is 0 Å². The van der Waals surface area contributed by atoms with Crippen LogP contribution in [0.2, 0.25) is 0 Å². The van der Waals surface area contributed by atoms with Gasteiger partial charge in [-0.15, -0.1) is 0 Å². The van der Waals surface area contributed by atoms with E-state index in [0.29, 0.717) is 0 Å². The lowest BCUT2D eigenvalue weighted by Gasteiger charge is -2.26. The van der Waals surface area contributed by atoms with Crippen LogP contribution in [0, 0.1) is 11.8 Å². The minimum atomic E-state index is 0.785. The highest BCUT2D eigenvalue weighted by Crippen LogP contribution is 2.34. The van der Waals surface area contributed by atoms with E-state index in [9.17, 15) is 0 Å². The van der Waals surface area contributed by atoms with Gasteiger partial charge in [0.2, 0.25) is 0 Å². The fourth-order valence-electron chi connectivity index (χ4n) is 2.63. The van der Waals surface area contributed by atoms with Crippen molar-refractivity contribution in [3.63, 3.8) is 0 Å². The van der Waals surface area contributed by atoms with Crippen molar-refractivity contribution in [1.82, 2.24) is 5.32 Å². The predicted molar refractivity (Wildman–Crippen MR) is 54.3 cm³/mol. The summed E-state index contributed by atoms with van der Waals surface area (Å²) in [7, 11) is 0. The van der Waals surface area contributed by atoms with Gasteiger partial charge < -0.3 is 5.32 Å². The number of nitrogens with one attached hydrogen (secondary N) is 1. The lowest BCUT2D eigenvalue weighted by atomic mass is 9.89. The molecule has 0 bridgehead atoms. The highest BCUT2D eigenvalue weighted by atomic mass is 14.9. The minimum absolute atomic E-state index is 0.785. The molecule has 1 heteroatoms. The van der Waals surface area contributed by atoms with Crippen molar-refractivity contribution < 1.29 is 0 Å². The summed E-state index contributed by atoms with van der Waals surface area (Å²) in [5.74, 6) is 1.91. The molecule has 0 aliphatic heterocycles. The minimum Gasteiger partial charge on any atom is -0.314 e. The molecule has 1 nitrogen and oxygen atoms in total. The van der Waals surface area contributed by atoms with Gasteiger partial charge in [-0.05, 0) is 31.2 Å². The molecule has 1 aliphatic carbocycles. The molecule has 3 atom stereocenters. The van der Waals surface area contributed by atoms with Gasteiger partial charge in [-0.2, -0.15) is 0 Å². The molecule has 72 valence electrons. The van der Waals surface area contributed by atoms with Gasteiger partial charge in [0.05, 0.1) is 0 Å². The van der Waals surface area contributed by atoms with Crippen molar-refractivity contribution in [2.24, 2.45) is 11.8 Å². The number of hydrogen-bond donors (Lipinski definition) is 1. The van der Waals surface area contributed by atoms with E-state index in [2.05, 4.69) is 26.1 Å². The largest absolute Gasteiger partial charge is 0.314 e. The molecule has 1 N–H and O–H groups in total. The quantitative estimate of drug-likeness (QED) is 0.682. The van der Waals surface area contributed by atoms with E-state index >= 15 is 0 Å². The summed E-state index contributed by atoms with van der Waals surface area (Å²) in [5, 5.41) is 3.60. The monoisotopic (exact) mass is 169 g/mol. The molecule has 1 aliphatic rings. The molecule has 0 aromatic heterocycles. The van der Waals surface area contributed by atoms with E-state index in [1.54, 1.807) is 0 Å². The van der Waals surface area contributed by atoms with Gasteiger partial charge in [-0.3, -0.25) is 0 Å². The first-order valence-corrected chi connectivity index (χ1v) is 5.53. The van der Waals surface area contributed by atoms with E-state index in [4.69, 9.17) is 0 Å². The number of rotatable bonds is 4. The third-order valence-electron chi connectivity index (χ3n) is 3.35. The summed E-state index contributed by atoms with van der Waals surface area (Å²) in [4.78, 5) is 0. The van der Waals surface area contributed by atoms with Crippen LogP contribution in [0.25, 0.3) is 0 Å². The Hall–Kier alpha value is -0.0400. The summed E-state index contributed by atoms with van der Waals surface area (Å²) in [6.07, 6.45) is 5.65. The molecule has 1 rings (SSSR count). The zero-order chi connectivity index (χ0) is 8.97. The van der Waals surface area contributed by atoms with Crippen LogP contribution in [-0.4, -0.2) is 12.6 Å². The van der Waals surface area contributed by atoms with Gasteiger partial charge in [-0.25, -0.2) is 0 Å². The van der Waals surface area contributed by atoms with Gasteiger partial charge in [-0.1, -0.05) is 33.6 Å². The van der Waals surface area contributed by atoms with Crippen LogP contribution in [0.4, 0.5) is 0 Å². The Morgan fingerprint density at radius 1 is 1.33 bits per heavy atom. The van der Waals surface area contributed by atoms with Crippen molar-refractivity contribution >= 4 is 0 Å². The van der Waals surface area contributed by atoms with Crippen LogP contribution < -0.4 is 5.32 Å². The van der Waals surface area contributed by atoms with Crippen LogP contribution >= 0.6 is 0 Å². The van der Waals surface area contributed by atoms with Crippen LogP contribution in [0.1, 0.15) is 46.5 Å². The van der Waals surface area contributed by atoms with Gasteiger partial charge in [0.25, 0.3) is 0 Å². The Morgan fingerprint density at radius 2 is 2.08 bits per heavy atom. The molecule has 0 aromatic rings. The maximum Gasteiger partial charge on any atom is 0.00951 e. The third kappa shape index (κ3) is 2.22. The lowest BCUT2D eigenvalue weighted by Crippen LogP contribution is -2.36. The molecule has 1 saturated carbocycles. The smallest absolute Gasteiger partial charge is 0.00951 e. The molecule has 12 heavy (non-hydrogen) atoms. The second kappa shape index (κ2) is 4.86. The Labute approximate surface area is 76.9 Å². The Balaban J connectivity index is 2.41. The van der Waals surface area contributed by atoms with Crippen molar-refractivity contribution in [2.75, 3.05) is 6.54 Å². The molecular weight excluding hydrogens is 146 g/mol. The second-order valence-corrected chi connectivity index (χ2v) is 4.14. The average molecular weight is 169 g/mol. The fraction of sp³-hybridized carbons (Fsp3) is 1.00. The molecule has 0 amide bonds. The fourth-order valence-corrected chi connectivity index (χ4v) is 2.63. The van der Waals surface area contributed by atoms with Gasteiger partial charge >= 0.3 is 0 Å². The van der Waals surface area contributed by atoms with Crippen LogP contribution in [-0.2, 0) is 0 Å². The first-order valence-electron chi connectivity index (χ1n) is 5.53. The van der Waals surface area contributed by atoms with Gasteiger partial charge in [0.15, 0.2) is 0 Å². The summed E-state index contributed by atoms with van der Waals surface area (Å²) in [5.41, 5.74) is 0. The predicted octanol–water partition coefficient (Wildman–Crippen LogP) is 2.81. The van der Waals surface area contributed by atoms with Gasteiger partial charge in [0, 0.05) is 6.04 Å². The maximum absolute atomic E-state index is 3.60. The maximum atomic E-state index is 3.60. The third-order valence-corrected chi connectivity index (χ3v) is 3.35. The molecule has 0 spiro atoms. The van der Waals surface area contributed by atoms with Gasteiger partial charge in [0.1, 0.15) is 0 Å². The van der Waals surface area contributed by atoms with Crippen LogP contribution in [0.15, 0.2) is 0 Å². The van der Waals surface area contributed by atoms with E-state index in [-0.39, 0.29) is 0 Å². The molecule has 0 aromatic carbocycles. The summed E-state index contributed by atoms with van der Waals surface area (Å²) in [6, 6.07) is 0.785. The highest BCUT2D eigenvalue weighted by molar-refractivity contribution is 4.83. The molecule has 0 radical (unpaired) electrons. The first-order chi connectivity index (χ1) is 5.79. The SMILES string of the molecule is CCNC(CC)C1CCCC1C. The average Bonchev–Trinajstić information content (AvgIpc) is 2.47. The molecule has 0 saturated heterocycles. The zero-order valence-corrected chi connectivity index (χ0v) is 8.77. The van der Waals surface area contributed by atoms with E-state index in [1.165, 1.54) is 25.7 Å². The van der Waals surface area contributed by atoms with Crippen molar-refractivity contribution in [3.05, 3.63) is 0 Å². The molecular formula is C11H23N. The standard InChI is InChI=1S/C11H23N/c1-4-11(12-5-2)10-8-6-7-9(10)3/h9-12H,4-8H2,1-3H3.